The number of amides is 1. The van der Waals surface area contributed by atoms with Gasteiger partial charge in [0.05, 0.1) is 17.2 Å². The number of carbonyl (C=O) groups excluding carboxylic acids is 1. The second-order valence-electron chi connectivity index (χ2n) is 9.19. The molecule has 0 heterocycles. The van der Waals surface area contributed by atoms with Crippen LogP contribution < -0.4 is 5.32 Å². The van der Waals surface area contributed by atoms with Gasteiger partial charge in [0.2, 0.25) is 0 Å². The summed E-state index contributed by atoms with van der Waals surface area (Å²) in [7, 11) is 0. The molecular formula is C28H31NO5. The number of nitrogens with one attached hydrogen (secondary N) is 1. The van der Waals surface area contributed by atoms with Crippen molar-refractivity contribution in [1.82, 2.24) is 5.32 Å². The van der Waals surface area contributed by atoms with E-state index in [2.05, 4.69) is 5.32 Å². The van der Waals surface area contributed by atoms with Crippen LogP contribution in [0.2, 0.25) is 0 Å². The Balaban J connectivity index is 1.75. The van der Waals surface area contributed by atoms with Gasteiger partial charge >= 0.3 is 5.97 Å². The van der Waals surface area contributed by atoms with E-state index < -0.39 is 23.5 Å². The molecule has 6 nitrogen and oxygen atoms in total. The van der Waals surface area contributed by atoms with E-state index in [0.29, 0.717) is 19.3 Å². The zero-order valence-electron chi connectivity index (χ0n) is 19.5. The number of phenolic OH excluding ortho intramolecular Hbond substituents is 1. The Morgan fingerprint density at radius 2 is 1.53 bits per heavy atom. The Bertz CT molecular complexity index is 1120. The topological polar surface area (TPSA) is 107 Å². The van der Waals surface area contributed by atoms with Crippen molar-refractivity contribution < 1.29 is 24.9 Å². The fraction of sp³-hybridized carbons (Fsp3) is 0.286. The number of aromatic hydroxyl groups is 1. The van der Waals surface area contributed by atoms with Gasteiger partial charge in [-0.1, -0.05) is 60.7 Å². The molecule has 0 fully saturated rings. The van der Waals surface area contributed by atoms with Gasteiger partial charge in [0.15, 0.2) is 0 Å². The summed E-state index contributed by atoms with van der Waals surface area (Å²) in [6, 6.07) is 21.7. The minimum Gasteiger partial charge on any atom is -0.507 e. The van der Waals surface area contributed by atoms with Crippen LogP contribution in [-0.4, -0.2) is 32.8 Å². The molecule has 4 N–H and O–H groups in total. The van der Waals surface area contributed by atoms with Crippen molar-refractivity contribution >= 4 is 11.9 Å². The minimum atomic E-state index is -0.992. The molecule has 0 spiro atoms. The fourth-order valence-corrected chi connectivity index (χ4v) is 3.86. The lowest BCUT2D eigenvalue weighted by atomic mass is 9.93. The second kappa shape index (κ2) is 11.0. The molecular weight excluding hydrogens is 430 g/mol. The van der Waals surface area contributed by atoms with Gasteiger partial charge in [0.25, 0.3) is 5.91 Å². The summed E-state index contributed by atoms with van der Waals surface area (Å²) in [5, 5.41) is 32.5. The third-order valence-corrected chi connectivity index (χ3v) is 5.58. The maximum Gasteiger partial charge on any atom is 0.303 e. The summed E-state index contributed by atoms with van der Waals surface area (Å²) in [6.07, 6.45) is 1.45. The predicted octanol–water partition coefficient (Wildman–Crippen LogP) is 4.63. The summed E-state index contributed by atoms with van der Waals surface area (Å²) in [5.74, 6) is -1.35. The molecule has 34 heavy (non-hydrogen) atoms. The molecule has 1 atom stereocenters. The minimum absolute atomic E-state index is 0.0905. The molecule has 1 unspecified atom stereocenters. The standard InChI is InChI=1S/C28H31NO5/c1-28(2,34)18-24(22-6-4-3-5-7-22)29-27(33)23-17-21(12-14-25(23)30)16-20-10-8-19(9-11-20)13-15-26(31)32/h3-12,14,17,24,30,34H,13,15-16,18H2,1-2H3,(H,29,33)(H,31,32). The van der Waals surface area contributed by atoms with Gasteiger partial charge in [-0.15, -0.1) is 0 Å². The van der Waals surface area contributed by atoms with Crippen LogP contribution in [0.25, 0.3) is 0 Å². The Labute approximate surface area is 199 Å². The van der Waals surface area contributed by atoms with Crippen LogP contribution >= 0.6 is 0 Å². The van der Waals surface area contributed by atoms with E-state index in [1.165, 1.54) is 6.07 Å². The van der Waals surface area contributed by atoms with E-state index in [1.54, 1.807) is 26.0 Å². The molecule has 0 saturated carbocycles. The summed E-state index contributed by atoms with van der Waals surface area (Å²) in [4.78, 5) is 23.9. The highest BCUT2D eigenvalue weighted by atomic mass is 16.4. The van der Waals surface area contributed by atoms with Gasteiger partial charge < -0.3 is 20.6 Å². The molecule has 178 valence electrons. The molecule has 3 aromatic rings. The molecule has 0 saturated heterocycles. The molecule has 1 amide bonds. The van der Waals surface area contributed by atoms with Gasteiger partial charge in [-0.2, -0.15) is 0 Å². The Hall–Kier alpha value is -3.64. The number of hydrogen-bond donors (Lipinski definition) is 4. The predicted molar refractivity (Wildman–Crippen MR) is 131 cm³/mol. The number of hydrogen-bond acceptors (Lipinski definition) is 4. The zero-order chi connectivity index (χ0) is 24.7. The van der Waals surface area contributed by atoms with Crippen molar-refractivity contribution in [3.05, 3.63) is 101 Å². The molecule has 0 aliphatic heterocycles. The lowest BCUT2D eigenvalue weighted by Gasteiger charge is -2.26. The van der Waals surface area contributed by atoms with Crippen molar-refractivity contribution in [3.63, 3.8) is 0 Å². The highest BCUT2D eigenvalue weighted by Gasteiger charge is 2.24. The maximum atomic E-state index is 13.1. The number of carboxylic acids is 1. The first-order chi connectivity index (χ1) is 16.1. The largest absolute Gasteiger partial charge is 0.507 e. The van der Waals surface area contributed by atoms with Crippen molar-refractivity contribution in [2.24, 2.45) is 0 Å². The number of carbonyl (C=O) groups is 2. The van der Waals surface area contributed by atoms with Gasteiger partial charge in [-0.25, -0.2) is 0 Å². The highest BCUT2D eigenvalue weighted by molar-refractivity contribution is 5.97. The van der Waals surface area contributed by atoms with E-state index in [-0.39, 0.29) is 17.7 Å². The van der Waals surface area contributed by atoms with E-state index in [1.807, 2.05) is 54.6 Å². The molecule has 0 aliphatic rings. The normalized spacial score (nSPS) is 12.2. The molecule has 3 aromatic carbocycles. The van der Waals surface area contributed by atoms with Crippen molar-refractivity contribution in [3.8, 4) is 5.75 Å². The quantitative estimate of drug-likeness (QED) is 0.352. The van der Waals surface area contributed by atoms with Crippen molar-refractivity contribution in [2.75, 3.05) is 0 Å². The van der Waals surface area contributed by atoms with Crippen LogP contribution in [0.1, 0.15) is 65.3 Å². The average molecular weight is 462 g/mol. The SMILES string of the molecule is CC(C)(O)CC(NC(=O)c1cc(Cc2ccc(CCC(=O)O)cc2)ccc1O)c1ccccc1. The summed E-state index contributed by atoms with van der Waals surface area (Å²) in [6.45, 7) is 3.39. The maximum absolute atomic E-state index is 13.1. The number of aliphatic carboxylic acids is 1. The second-order valence-corrected chi connectivity index (χ2v) is 9.19. The number of carboxylic acid groups (broad SMARTS) is 1. The lowest BCUT2D eigenvalue weighted by Crippen LogP contribution is -2.34. The average Bonchev–Trinajstić information content (AvgIpc) is 2.79. The number of aliphatic hydroxyl groups is 1. The number of benzene rings is 3. The molecule has 6 heteroatoms. The van der Waals surface area contributed by atoms with Gasteiger partial charge in [0, 0.05) is 6.42 Å². The highest BCUT2D eigenvalue weighted by Crippen LogP contribution is 2.26. The van der Waals surface area contributed by atoms with Gasteiger partial charge in [-0.3, -0.25) is 9.59 Å². The Kier molecular flexibility index (Phi) is 8.08. The van der Waals surface area contributed by atoms with Crippen LogP contribution in [0.3, 0.4) is 0 Å². The lowest BCUT2D eigenvalue weighted by molar-refractivity contribution is -0.136. The molecule has 0 bridgehead atoms. The van der Waals surface area contributed by atoms with Crippen LogP contribution in [0.5, 0.6) is 5.75 Å². The first-order valence-corrected chi connectivity index (χ1v) is 11.3. The van der Waals surface area contributed by atoms with E-state index >= 15 is 0 Å². The number of rotatable bonds is 10. The van der Waals surface area contributed by atoms with Crippen molar-refractivity contribution in [1.29, 1.82) is 0 Å². The molecule has 0 radical (unpaired) electrons. The molecule has 0 aromatic heterocycles. The third-order valence-electron chi connectivity index (χ3n) is 5.58. The van der Waals surface area contributed by atoms with E-state index in [9.17, 15) is 19.8 Å². The summed E-state index contributed by atoms with van der Waals surface area (Å²) >= 11 is 0. The first kappa shape index (κ1) is 25.0. The molecule has 0 aliphatic carbocycles. The van der Waals surface area contributed by atoms with E-state index in [4.69, 9.17) is 5.11 Å². The first-order valence-electron chi connectivity index (χ1n) is 11.3. The Morgan fingerprint density at radius 3 is 2.15 bits per heavy atom. The smallest absolute Gasteiger partial charge is 0.303 e. The van der Waals surface area contributed by atoms with Crippen LogP contribution in [-0.2, 0) is 17.6 Å². The van der Waals surface area contributed by atoms with Crippen LogP contribution in [0.15, 0.2) is 72.8 Å². The number of phenols is 1. The van der Waals surface area contributed by atoms with Crippen molar-refractivity contribution in [2.45, 2.75) is 51.2 Å². The van der Waals surface area contributed by atoms with Gasteiger partial charge in [-0.05, 0) is 67.5 Å². The molecule has 3 rings (SSSR count). The summed E-state index contributed by atoms with van der Waals surface area (Å²) in [5.41, 5.74) is 2.88. The van der Waals surface area contributed by atoms with Gasteiger partial charge in [0.1, 0.15) is 5.75 Å². The zero-order valence-corrected chi connectivity index (χ0v) is 19.5. The monoisotopic (exact) mass is 461 g/mol. The fourth-order valence-electron chi connectivity index (χ4n) is 3.86. The Morgan fingerprint density at radius 1 is 0.912 bits per heavy atom. The van der Waals surface area contributed by atoms with Crippen LogP contribution in [0, 0.1) is 0 Å². The van der Waals surface area contributed by atoms with E-state index in [0.717, 1.165) is 22.3 Å². The number of aryl methyl sites for hydroxylation is 1. The van der Waals surface area contributed by atoms with Crippen LogP contribution in [0.4, 0.5) is 0 Å². The summed E-state index contributed by atoms with van der Waals surface area (Å²) < 4.78 is 0. The third kappa shape index (κ3) is 7.46.